The van der Waals surface area contributed by atoms with Crippen LogP contribution in [0.2, 0.25) is 0 Å². The van der Waals surface area contributed by atoms with Crippen LogP contribution in [0.4, 0.5) is 13.2 Å². The van der Waals surface area contributed by atoms with E-state index in [1.54, 1.807) is 17.9 Å². The summed E-state index contributed by atoms with van der Waals surface area (Å²) in [6.45, 7) is 2.17. The zero-order valence-electron chi connectivity index (χ0n) is 12.4. The maximum absolute atomic E-state index is 12.3. The molecule has 1 fully saturated rings. The van der Waals surface area contributed by atoms with Crippen LogP contribution in [0.5, 0.6) is 5.75 Å². The van der Waals surface area contributed by atoms with Crippen LogP contribution in [0.1, 0.15) is 12.5 Å². The summed E-state index contributed by atoms with van der Waals surface area (Å²) in [5.41, 5.74) is 0.159. The third kappa shape index (κ3) is 5.09. The van der Waals surface area contributed by atoms with Gasteiger partial charge in [-0.05, 0) is 19.1 Å². The maximum Gasteiger partial charge on any atom is 0.573 e. The Kier molecular flexibility index (Phi) is 5.46. The smallest absolute Gasteiger partial charge is 0.405 e. The molecule has 0 N–H and O–H groups in total. The molecule has 1 aromatic rings. The van der Waals surface area contributed by atoms with Gasteiger partial charge in [0.2, 0.25) is 5.91 Å². The Bertz CT molecular complexity index is 631. The third-order valence-corrected chi connectivity index (χ3v) is 4.84. The van der Waals surface area contributed by atoms with Gasteiger partial charge in [-0.3, -0.25) is 9.00 Å². The summed E-state index contributed by atoms with van der Waals surface area (Å²) in [5.74, 6) is 0.137. The zero-order valence-corrected chi connectivity index (χ0v) is 13.2. The van der Waals surface area contributed by atoms with Gasteiger partial charge in [-0.1, -0.05) is 18.2 Å². The lowest BCUT2D eigenvalue weighted by Crippen LogP contribution is -2.47. The van der Waals surface area contributed by atoms with Gasteiger partial charge in [0.1, 0.15) is 5.75 Å². The molecule has 0 bridgehead atoms. The lowest BCUT2D eigenvalue weighted by Gasteiger charge is -2.32. The fraction of sp³-hybridized carbons (Fsp3) is 0.400. The number of benzene rings is 1. The van der Waals surface area contributed by atoms with Crippen molar-refractivity contribution in [3.05, 3.63) is 35.9 Å². The first-order chi connectivity index (χ1) is 10.8. The molecule has 1 saturated heterocycles. The second-order valence-corrected chi connectivity index (χ2v) is 6.73. The molecule has 4 nitrogen and oxygen atoms in total. The number of hydrogen-bond acceptors (Lipinski definition) is 3. The standard InChI is InChI=1S/C15H16F3NO3S/c1-11-10-23(21)9-8-19(11)14(20)7-6-12-4-2-3-5-13(12)22-15(16,17)18/h2-7,11H,8-10H2,1H3. The molecule has 2 unspecified atom stereocenters. The van der Waals surface area contributed by atoms with Gasteiger partial charge in [0.05, 0.1) is 0 Å². The van der Waals surface area contributed by atoms with Crippen molar-refractivity contribution in [3.8, 4) is 5.75 Å². The molecule has 23 heavy (non-hydrogen) atoms. The normalized spacial score (nSPS) is 22.3. The van der Waals surface area contributed by atoms with Crippen LogP contribution in [0.3, 0.4) is 0 Å². The molecule has 8 heteroatoms. The number of hydrogen-bond donors (Lipinski definition) is 0. The minimum atomic E-state index is -4.79. The molecular formula is C15H16F3NO3S. The number of amides is 1. The second-order valence-electron chi connectivity index (χ2n) is 5.11. The Morgan fingerprint density at radius 3 is 2.74 bits per heavy atom. The molecule has 2 rings (SSSR count). The van der Waals surface area contributed by atoms with Crippen molar-refractivity contribution in [2.45, 2.75) is 19.3 Å². The summed E-state index contributed by atoms with van der Waals surface area (Å²) in [5, 5.41) is 0. The van der Waals surface area contributed by atoms with Crippen molar-refractivity contribution in [1.82, 2.24) is 4.90 Å². The average Bonchev–Trinajstić information content (AvgIpc) is 2.44. The SMILES string of the molecule is CC1CS(=O)CCN1C(=O)C=Cc1ccccc1OC(F)(F)F. The predicted octanol–water partition coefficient (Wildman–Crippen LogP) is 2.58. The molecule has 0 aromatic heterocycles. The number of carbonyl (C=O) groups excluding carboxylic acids is 1. The first kappa shape index (κ1) is 17.5. The minimum absolute atomic E-state index is 0.159. The molecule has 126 valence electrons. The van der Waals surface area contributed by atoms with E-state index in [1.807, 2.05) is 0 Å². The summed E-state index contributed by atoms with van der Waals surface area (Å²) >= 11 is 0. The average molecular weight is 347 g/mol. The van der Waals surface area contributed by atoms with Gasteiger partial charge in [0, 0.05) is 46.5 Å². The molecule has 1 amide bonds. The molecule has 0 spiro atoms. The fourth-order valence-electron chi connectivity index (χ4n) is 2.28. The van der Waals surface area contributed by atoms with Crippen LogP contribution in [0, 0.1) is 0 Å². The van der Waals surface area contributed by atoms with E-state index in [0.29, 0.717) is 18.1 Å². The van der Waals surface area contributed by atoms with Crippen molar-refractivity contribution < 1.29 is 26.9 Å². The molecule has 1 aliphatic heterocycles. The lowest BCUT2D eigenvalue weighted by atomic mass is 10.2. The summed E-state index contributed by atoms with van der Waals surface area (Å²) in [6.07, 6.45) is -2.29. The predicted molar refractivity (Wildman–Crippen MR) is 81.2 cm³/mol. The number of rotatable bonds is 3. The molecular weight excluding hydrogens is 331 g/mol. The molecule has 0 aliphatic carbocycles. The van der Waals surface area contributed by atoms with Crippen LogP contribution < -0.4 is 4.74 Å². The second kappa shape index (κ2) is 7.16. The van der Waals surface area contributed by atoms with Gasteiger partial charge in [-0.2, -0.15) is 0 Å². The van der Waals surface area contributed by atoms with Crippen LogP contribution in [-0.4, -0.2) is 45.5 Å². The third-order valence-electron chi connectivity index (χ3n) is 3.35. The Hall–Kier alpha value is -1.83. The number of alkyl halides is 3. The van der Waals surface area contributed by atoms with Crippen molar-refractivity contribution in [2.75, 3.05) is 18.1 Å². The Labute approximate surface area is 134 Å². The highest BCUT2D eigenvalue weighted by molar-refractivity contribution is 7.85. The molecule has 1 heterocycles. The largest absolute Gasteiger partial charge is 0.573 e. The molecule has 2 atom stereocenters. The molecule has 1 aromatic carbocycles. The highest BCUT2D eigenvalue weighted by Crippen LogP contribution is 2.27. The Morgan fingerprint density at radius 2 is 2.09 bits per heavy atom. The van der Waals surface area contributed by atoms with Crippen LogP contribution in [-0.2, 0) is 15.6 Å². The van der Waals surface area contributed by atoms with Crippen LogP contribution in [0.15, 0.2) is 30.3 Å². The first-order valence-corrected chi connectivity index (χ1v) is 8.43. The van der Waals surface area contributed by atoms with Gasteiger partial charge >= 0.3 is 6.36 Å². The van der Waals surface area contributed by atoms with E-state index in [-0.39, 0.29) is 23.3 Å². The van der Waals surface area contributed by atoms with E-state index in [0.717, 1.165) is 0 Å². The quantitative estimate of drug-likeness (QED) is 0.790. The van der Waals surface area contributed by atoms with Gasteiger partial charge in [0.25, 0.3) is 0 Å². The van der Waals surface area contributed by atoms with E-state index in [9.17, 15) is 22.2 Å². The van der Waals surface area contributed by atoms with Gasteiger partial charge in [0.15, 0.2) is 0 Å². The number of ether oxygens (including phenoxy) is 1. The first-order valence-electron chi connectivity index (χ1n) is 6.95. The number of carbonyl (C=O) groups is 1. The highest BCUT2D eigenvalue weighted by atomic mass is 32.2. The summed E-state index contributed by atoms with van der Waals surface area (Å²) < 4.78 is 52.4. The summed E-state index contributed by atoms with van der Waals surface area (Å²) in [4.78, 5) is 13.7. The van der Waals surface area contributed by atoms with E-state index < -0.39 is 17.2 Å². The van der Waals surface area contributed by atoms with E-state index in [2.05, 4.69) is 4.74 Å². The summed E-state index contributed by atoms with van der Waals surface area (Å²) in [6, 6.07) is 5.43. The monoisotopic (exact) mass is 347 g/mol. The fourth-order valence-corrected chi connectivity index (χ4v) is 3.57. The van der Waals surface area contributed by atoms with E-state index in [1.165, 1.54) is 30.4 Å². The van der Waals surface area contributed by atoms with Crippen molar-refractivity contribution in [1.29, 1.82) is 0 Å². The number of nitrogens with zero attached hydrogens (tertiary/aromatic N) is 1. The zero-order chi connectivity index (χ0) is 17.0. The minimum Gasteiger partial charge on any atom is -0.405 e. The van der Waals surface area contributed by atoms with Crippen LogP contribution >= 0.6 is 0 Å². The molecule has 1 aliphatic rings. The maximum atomic E-state index is 12.3. The van der Waals surface area contributed by atoms with Gasteiger partial charge in [-0.25, -0.2) is 0 Å². The van der Waals surface area contributed by atoms with Crippen LogP contribution in [0.25, 0.3) is 6.08 Å². The van der Waals surface area contributed by atoms with Crippen molar-refractivity contribution >= 4 is 22.8 Å². The number of halogens is 3. The van der Waals surface area contributed by atoms with E-state index in [4.69, 9.17) is 0 Å². The van der Waals surface area contributed by atoms with E-state index >= 15 is 0 Å². The van der Waals surface area contributed by atoms with Gasteiger partial charge in [-0.15, -0.1) is 13.2 Å². The molecule has 0 radical (unpaired) electrons. The Morgan fingerprint density at radius 1 is 1.39 bits per heavy atom. The number of para-hydroxylation sites is 1. The molecule has 0 saturated carbocycles. The lowest BCUT2D eigenvalue weighted by molar-refractivity contribution is -0.274. The van der Waals surface area contributed by atoms with Crippen molar-refractivity contribution in [3.63, 3.8) is 0 Å². The van der Waals surface area contributed by atoms with Gasteiger partial charge < -0.3 is 9.64 Å². The summed E-state index contributed by atoms with van der Waals surface area (Å²) in [7, 11) is -0.926. The highest BCUT2D eigenvalue weighted by Gasteiger charge is 2.31. The Balaban J connectivity index is 2.11. The topological polar surface area (TPSA) is 46.6 Å². The van der Waals surface area contributed by atoms with Crippen molar-refractivity contribution in [2.24, 2.45) is 0 Å².